The zero-order valence-corrected chi connectivity index (χ0v) is 17.7. The monoisotopic (exact) mass is 408 g/mol. The Kier molecular flexibility index (Phi) is 6.92. The first-order valence-electron chi connectivity index (χ1n) is 11.3. The lowest BCUT2D eigenvalue weighted by atomic mass is 9.83. The summed E-state index contributed by atoms with van der Waals surface area (Å²) in [6.45, 7) is 5.52. The summed E-state index contributed by atoms with van der Waals surface area (Å²) in [4.78, 5) is 31.1. The maximum absolute atomic E-state index is 13.1. The summed E-state index contributed by atoms with van der Waals surface area (Å²) in [5.74, 6) is 0.640. The quantitative estimate of drug-likeness (QED) is 0.749. The maximum Gasteiger partial charge on any atom is 0.320 e. The first kappa shape index (κ1) is 20.9. The van der Waals surface area contributed by atoms with Gasteiger partial charge in [-0.3, -0.25) is 9.69 Å². The number of amides is 3. The van der Waals surface area contributed by atoms with E-state index in [1.807, 2.05) is 9.80 Å². The minimum Gasteiger partial charge on any atom is -0.383 e. The minimum absolute atomic E-state index is 0.0406. The lowest BCUT2D eigenvalue weighted by Gasteiger charge is -2.46. The predicted molar refractivity (Wildman–Crippen MR) is 109 cm³/mol. The van der Waals surface area contributed by atoms with Gasteiger partial charge in [0, 0.05) is 52.4 Å². The molecule has 1 N–H and O–H groups in total. The lowest BCUT2D eigenvalue weighted by Crippen LogP contribution is -2.63. The van der Waals surface area contributed by atoms with Crippen LogP contribution in [0.3, 0.4) is 0 Å². The zero-order chi connectivity index (χ0) is 20.2. The van der Waals surface area contributed by atoms with E-state index in [0.29, 0.717) is 19.1 Å². The van der Waals surface area contributed by atoms with Gasteiger partial charge in [-0.25, -0.2) is 4.79 Å². The number of ether oxygens (including phenoxy) is 2. The summed E-state index contributed by atoms with van der Waals surface area (Å²) in [7, 11) is 1.80. The number of carbonyl (C=O) groups is 2. The van der Waals surface area contributed by atoms with Crippen molar-refractivity contribution in [1.29, 1.82) is 0 Å². The first-order valence-corrected chi connectivity index (χ1v) is 11.3. The number of morpholine rings is 1. The van der Waals surface area contributed by atoms with Crippen LogP contribution in [0.25, 0.3) is 0 Å². The Bertz CT molecular complexity index is 575. The number of carbonyl (C=O) groups excluding carboxylic acids is 2. The number of hydrogen-bond donors (Lipinski definition) is 1. The van der Waals surface area contributed by atoms with Gasteiger partial charge in [0.2, 0.25) is 5.91 Å². The number of urea groups is 1. The Labute approximate surface area is 173 Å². The van der Waals surface area contributed by atoms with E-state index in [1.54, 1.807) is 7.11 Å². The topological polar surface area (TPSA) is 74.3 Å². The van der Waals surface area contributed by atoms with Gasteiger partial charge >= 0.3 is 6.03 Å². The molecule has 0 spiro atoms. The highest BCUT2D eigenvalue weighted by atomic mass is 16.5. The molecule has 4 aliphatic rings. The van der Waals surface area contributed by atoms with E-state index >= 15 is 0 Å². The molecule has 0 aromatic heterocycles. The Morgan fingerprint density at radius 3 is 2.59 bits per heavy atom. The number of nitrogens with zero attached hydrogens (tertiary/aromatic N) is 3. The van der Waals surface area contributed by atoms with Gasteiger partial charge in [-0.1, -0.05) is 19.3 Å². The van der Waals surface area contributed by atoms with Gasteiger partial charge in [0.1, 0.15) is 6.61 Å². The fourth-order valence-corrected chi connectivity index (χ4v) is 5.55. The minimum atomic E-state index is -0.0824. The molecule has 8 heteroatoms. The van der Waals surface area contributed by atoms with Crippen molar-refractivity contribution in [3.8, 4) is 0 Å². The molecule has 3 saturated heterocycles. The highest BCUT2D eigenvalue weighted by Crippen LogP contribution is 2.30. The predicted octanol–water partition coefficient (Wildman–Crippen LogP) is 0.909. The zero-order valence-electron chi connectivity index (χ0n) is 17.7. The number of nitrogens with one attached hydrogen (secondary N) is 1. The summed E-state index contributed by atoms with van der Waals surface area (Å²) in [6.07, 6.45) is 7.46. The fraction of sp³-hybridized carbons (Fsp3) is 0.905. The van der Waals surface area contributed by atoms with Crippen molar-refractivity contribution in [2.75, 3.05) is 59.6 Å². The van der Waals surface area contributed by atoms with Crippen LogP contribution in [0.2, 0.25) is 0 Å². The molecule has 4 rings (SSSR count). The number of hydrogen-bond acceptors (Lipinski definition) is 5. The number of rotatable bonds is 4. The van der Waals surface area contributed by atoms with E-state index in [4.69, 9.17) is 9.47 Å². The van der Waals surface area contributed by atoms with Gasteiger partial charge in [0.25, 0.3) is 0 Å². The van der Waals surface area contributed by atoms with Crippen LogP contribution in [0.4, 0.5) is 4.79 Å². The molecule has 0 aromatic rings. The van der Waals surface area contributed by atoms with Crippen LogP contribution in [0.15, 0.2) is 0 Å². The van der Waals surface area contributed by atoms with Crippen LogP contribution in [0.5, 0.6) is 0 Å². The van der Waals surface area contributed by atoms with Crippen molar-refractivity contribution in [1.82, 2.24) is 20.0 Å². The SMILES string of the molecule is COCC(C1CCCCC1)N1CCN(C(=O)N2CC[C@@H]3OCC(=O)N[C@@H]3C2)CC1. The molecule has 3 atom stereocenters. The van der Waals surface area contributed by atoms with Gasteiger partial charge < -0.3 is 24.6 Å². The van der Waals surface area contributed by atoms with Crippen molar-refractivity contribution < 1.29 is 19.1 Å². The molecule has 1 unspecified atom stereocenters. The van der Waals surface area contributed by atoms with Gasteiger partial charge in [0.05, 0.1) is 18.8 Å². The first-order chi connectivity index (χ1) is 14.2. The van der Waals surface area contributed by atoms with Gasteiger partial charge in [-0.2, -0.15) is 0 Å². The summed E-state index contributed by atoms with van der Waals surface area (Å²) in [6, 6.07) is 0.499. The number of likely N-dealkylation sites (tertiary alicyclic amines) is 1. The molecule has 0 radical (unpaired) electrons. The van der Waals surface area contributed by atoms with Crippen LogP contribution in [-0.2, 0) is 14.3 Å². The van der Waals surface area contributed by atoms with E-state index in [2.05, 4.69) is 10.2 Å². The van der Waals surface area contributed by atoms with E-state index in [0.717, 1.165) is 45.1 Å². The average molecular weight is 409 g/mol. The molecule has 8 nitrogen and oxygen atoms in total. The highest BCUT2D eigenvalue weighted by molar-refractivity contribution is 5.79. The Balaban J connectivity index is 1.29. The van der Waals surface area contributed by atoms with Crippen LogP contribution >= 0.6 is 0 Å². The van der Waals surface area contributed by atoms with Crippen molar-refractivity contribution in [2.24, 2.45) is 5.92 Å². The third kappa shape index (κ3) is 4.86. The molecule has 3 amide bonds. The van der Waals surface area contributed by atoms with Crippen molar-refractivity contribution in [2.45, 2.75) is 56.7 Å². The Morgan fingerprint density at radius 1 is 1.10 bits per heavy atom. The molecule has 4 fully saturated rings. The summed E-state index contributed by atoms with van der Waals surface area (Å²) < 4.78 is 11.2. The molecule has 1 aliphatic carbocycles. The van der Waals surface area contributed by atoms with E-state index in [9.17, 15) is 9.59 Å². The molecule has 0 aromatic carbocycles. The third-order valence-corrected chi connectivity index (χ3v) is 7.18. The van der Waals surface area contributed by atoms with Crippen LogP contribution in [-0.4, -0.2) is 104 Å². The molecular formula is C21H36N4O4. The second-order valence-corrected chi connectivity index (χ2v) is 8.98. The lowest BCUT2D eigenvalue weighted by molar-refractivity contribution is -0.139. The average Bonchev–Trinajstić information content (AvgIpc) is 2.77. The second-order valence-electron chi connectivity index (χ2n) is 8.98. The number of methoxy groups -OCH3 is 1. The van der Waals surface area contributed by atoms with E-state index in [-0.39, 0.29) is 30.7 Å². The summed E-state index contributed by atoms with van der Waals surface area (Å²) in [5.41, 5.74) is 0. The van der Waals surface area contributed by atoms with E-state index < -0.39 is 0 Å². The van der Waals surface area contributed by atoms with E-state index in [1.165, 1.54) is 32.1 Å². The number of fused-ring (bicyclic) bond motifs is 1. The Morgan fingerprint density at radius 2 is 1.86 bits per heavy atom. The molecule has 3 aliphatic heterocycles. The van der Waals surface area contributed by atoms with Crippen LogP contribution in [0.1, 0.15) is 38.5 Å². The standard InChI is InChI=1S/C21H36N4O4/c1-28-14-18(16-5-3-2-4-6-16)23-9-11-24(12-10-23)21(27)25-8-7-19-17(13-25)22-20(26)15-29-19/h16-19H,2-15H2,1H3,(H,22,26)/t17-,18?,19+/m1/s1. The molecule has 164 valence electrons. The third-order valence-electron chi connectivity index (χ3n) is 7.18. The molecule has 3 heterocycles. The van der Waals surface area contributed by atoms with Crippen molar-refractivity contribution in [3.63, 3.8) is 0 Å². The van der Waals surface area contributed by atoms with Crippen molar-refractivity contribution in [3.05, 3.63) is 0 Å². The maximum atomic E-state index is 13.1. The van der Waals surface area contributed by atoms with Gasteiger partial charge in [0.15, 0.2) is 0 Å². The van der Waals surface area contributed by atoms with Crippen molar-refractivity contribution >= 4 is 11.9 Å². The number of piperidine rings is 1. The fourth-order valence-electron chi connectivity index (χ4n) is 5.55. The molecule has 29 heavy (non-hydrogen) atoms. The number of piperazine rings is 1. The molecule has 0 bridgehead atoms. The van der Waals surface area contributed by atoms with Crippen LogP contribution in [0, 0.1) is 5.92 Å². The normalized spacial score (nSPS) is 30.6. The van der Waals surface area contributed by atoms with Crippen LogP contribution < -0.4 is 5.32 Å². The second kappa shape index (κ2) is 9.62. The summed E-state index contributed by atoms with van der Waals surface area (Å²) in [5, 5.41) is 2.98. The largest absolute Gasteiger partial charge is 0.383 e. The molecule has 1 saturated carbocycles. The Hall–Kier alpha value is -1.38. The summed E-state index contributed by atoms with van der Waals surface area (Å²) >= 11 is 0. The van der Waals surface area contributed by atoms with Gasteiger partial charge in [-0.05, 0) is 25.2 Å². The molecular weight excluding hydrogens is 372 g/mol. The highest BCUT2D eigenvalue weighted by Gasteiger charge is 2.38. The van der Waals surface area contributed by atoms with Gasteiger partial charge in [-0.15, -0.1) is 0 Å². The smallest absolute Gasteiger partial charge is 0.320 e.